The Kier molecular flexibility index (Phi) is 4.45. The molecule has 0 saturated carbocycles. The summed E-state index contributed by atoms with van der Waals surface area (Å²) in [6, 6.07) is 5.04. The van der Waals surface area contributed by atoms with E-state index in [9.17, 15) is 4.39 Å². The summed E-state index contributed by atoms with van der Waals surface area (Å²) in [5.74, 6) is 2.02. The van der Waals surface area contributed by atoms with Gasteiger partial charge in [0.05, 0.1) is 11.2 Å². The van der Waals surface area contributed by atoms with E-state index in [-0.39, 0.29) is 5.82 Å². The van der Waals surface area contributed by atoms with E-state index in [4.69, 9.17) is 5.73 Å². The van der Waals surface area contributed by atoms with Crippen LogP contribution in [0.5, 0.6) is 0 Å². The van der Waals surface area contributed by atoms with Crippen LogP contribution in [0, 0.1) is 5.82 Å². The van der Waals surface area contributed by atoms with Crippen LogP contribution in [-0.4, -0.2) is 47.6 Å². The van der Waals surface area contributed by atoms with E-state index in [1.54, 1.807) is 6.20 Å². The molecule has 1 aliphatic heterocycles. The molecule has 0 atom stereocenters. The number of rotatable bonds is 4. The first-order valence-corrected chi connectivity index (χ1v) is 8.28. The fourth-order valence-corrected chi connectivity index (χ4v) is 3.55. The first kappa shape index (κ1) is 14.4. The Morgan fingerprint density at radius 2 is 2.19 bits per heavy atom. The first-order valence-electron chi connectivity index (χ1n) is 7.12. The molecule has 1 fully saturated rings. The molecular formula is C15H19FN4S. The first-order chi connectivity index (χ1) is 10.3. The topological polar surface area (TPSA) is 54.2 Å². The molecule has 0 unspecified atom stereocenters. The number of halogens is 1. The summed E-state index contributed by atoms with van der Waals surface area (Å²) in [4.78, 5) is 6.67. The smallest absolute Gasteiger partial charge is 0.150 e. The maximum atomic E-state index is 14.1. The zero-order chi connectivity index (χ0) is 14.7. The number of benzene rings is 1. The molecule has 1 aromatic heterocycles. The Balaban J connectivity index is 1.74. The molecule has 0 aliphatic carbocycles. The number of fused-ring (bicyclic) bond motifs is 1. The van der Waals surface area contributed by atoms with Gasteiger partial charge in [-0.05, 0) is 18.2 Å². The second-order valence-electron chi connectivity index (χ2n) is 5.10. The van der Waals surface area contributed by atoms with E-state index in [0.29, 0.717) is 23.4 Å². The third-order valence-electron chi connectivity index (χ3n) is 3.71. The minimum Gasteiger partial charge on any atom is -0.398 e. The summed E-state index contributed by atoms with van der Waals surface area (Å²) in [5.41, 5.74) is 7.33. The van der Waals surface area contributed by atoms with Crippen LogP contribution < -0.4 is 11.1 Å². The van der Waals surface area contributed by atoms with E-state index in [1.165, 1.54) is 17.6 Å². The highest BCUT2D eigenvalue weighted by atomic mass is 32.2. The van der Waals surface area contributed by atoms with Crippen molar-refractivity contribution < 1.29 is 4.39 Å². The zero-order valence-electron chi connectivity index (χ0n) is 11.8. The number of pyridine rings is 1. The molecular weight excluding hydrogens is 287 g/mol. The molecule has 21 heavy (non-hydrogen) atoms. The highest BCUT2D eigenvalue weighted by Gasteiger charge is 2.13. The van der Waals surface area contributed by atoms with Crippen molar-refractivity contribution in [2.75, 3.05) is 48.7 Å². The van der Waals surface area contributed by atoms with Gasteiger partial charge >= 0.3 is 0 Å². The molecule has 112 valence electrons. The molecule has 6 heteroatoms. The van der Waals surface area contributed by atoms with E-state index in [2.05, 4.69) is 15.2 Å². The van der Waals surface area contributed by atoms with Crippen molar-refractivity contribution in [3.05, 3.63) is 30.2 Å². The minimum absolute atomic E-state index is 0.340. The lowest BCUT2D eigenvalue weighted by atomic mass is 10.1. The van der Waals surface area contributed by atoms with Crippen LogP contribution in [0.25, 0.3) is 10.9 Å². The zero-order valence-corrected chi connectivity index (χ0v) is 12.6. The quantitative estimate of drug-likeness (QED) is 0.850. The summed E-state index contributed by atoms with van der Waals surface area (Å²) in [6.07, 6.45) is 1.66. The average molecular weight is 306 g/mol. The summed E-state index contributed by atoms with van der Waals surface area (Å²) in [6.45, 7) is 3.83. The predicted molar refractivity (Wildman–Crippen MR) is 88.4 cm³/mol. The summed E-state index contributed by atoms with van der Waals surface area (Å²) >= 11 is 1.99. The van der Waals surface area contributed by atoms with Gasteiger partial charge in [0.1, 0.15) is 0 Å². The largest absolute Gasteiger partial charge is 0.398 e. The third-order valence-corrected chi connectivity index (χ3v) is 4.65. The Morgan fingerprint density at radius 1 is 1.38 bits per heavy atom. The van der Waals surface area contributed by atoms with Gasteiger partial charge in [0.2, 0.25) is 0 Å². The van der Waals surface area contributed by atoms with Crippen LogP contribution in [-0.2, 0) is 0 Å². The van der Waals surface area contributed by atoms with Gasteiger partial charge in [-0.3, -0.25) is 9.88 Å². The van der Waals surface area contributed by atoms with Crippen molar-refractivity contribution in [2.24, 2.45) is 0 Å². The number of nitrogen functional groups attached to an aromatic ring is 1. The lowest BCUT2D eigenvalue weighted by Crippen LogP contribution is -2.36. The number of nitrogens with zero attached hydrogens (tertiary/aromatic N) is 2. The normalized spacial score (nSPS) is 16.2. The average Bonchev–Trinajstić information content (AvgIpc) is 2.51. The fourth-order valence-electron chi connectivity index (χ4n) is 2.57. The SMILES string of the molecule is Nc1cc(F)c(NCCN2CCSCC2)c2ncccc12. The molecule has 0 radical (unpaired) electrons. The molecule has 2 heterocycles. The van der Waals surface area contributed by atoms with Crippen LogP contribution in [0.3, 0.4) is 0 Å². The maximum absolute atomic E-state index is 14.1. The summed E-state index contributed by atoms with van der Waals surface area (Å²) in [5, 5.41) is 3.98. The van der Waals surface area contributed by atoms with Gasteiger partial charge in [0.25, 0.3) is 0 Å². The maximum Gasteiger partial charge on any atom is 0.150 e. The van der Waals surface area contributed by atoms with Crippen molar-refractivity contribution in [3.8, 4) is 0 Å². The molecule has 0 amide bonds. The summed E-state index contributed by atoms with van der Waals surface area (Å²) in [7, 11) is 0. The Bertz CT molecular complexity index is 628. The lowest BCUT2D eigenvalue weighted by molar-refractivity contribution is 0.314. The molecule has 0 bridgehead atoms. The van der Waals surface area contributed by atoms with Gasteiger partial charge in [0.15, 0.2) is 5.82 Å². The van der Waals surface area contributed by atoms with Crippen molar-refractivity contribution in [1.82, 2.24) is 9.88 Å². The van der Waals surface area contributed by atoms with Gasteiger partial charge in [-0.1, -0.05) is 0 Å². The summed E-state index contributed by atoms with van der Waals surface area (Å²) < 4.78 is 14.1. The lowest BCUT2D eigenvalue weighted by Gasteiger charge is -2.26. The van der Waals surface area contributed by atoms with Gasteiger partial charge < -0.3 is 11.1 Å². The van der Waals surface area contributed by atoms with E-state index < -0.39 is 0 Å². The van der Waals surface area contributed by atoms with Crippen LogP contribution in [0.2, 0.25) is 0 Å². The number of anilines is 2. The van der Waals surface area contributed by atoms with Crippen molar-refractivity contribution in [2.45, 2.75) is 0 Å². The van der Waals surface area contributed by atoms with Crippen LogP contribution in [0.1, 0.15) is 0 Å². The van der Waals surface area contributed by atoms with Crippen LogP contribution in [0.4, 0.5) is 15.8 Å². The Labute approximate surface area is 127 Å². The second-order valence-corrected chi connectivity index (χ2v) is 6.33. The number of aromatic nitrogens is 1. The number of nitrogens with one attached hydrogen (secondary N) is 1. The van der Waals surface area contributed by atoms with Gasteiger partial charge in [-0.25, -0.2) is 4.39 Å². The Morgan fingerprint density at radius 3 is 3.00 bits per heavy atom. The highest BCUT2D eigenvalue weighted by Crippen LogP contribution is 2.29. The van der Waals surface area contributed by atoms with Crippen LogP contribution in [0.15, 0.2) is 24.4 Å². The van der Waals surface area contributed by atoms with Crippen molar-refractivity contribution >= 4 is 34.0 Å². The van der Waals surface area contributed by atoms with Gasteiger partial charge in [-0.15, -0.1) is 0 Å². The number of hydrogen-bond donors (Lipinski definition) is 2. The predicted octanol–water partition coefficient (Wildman–Crippen LogP) is 2.42. The highest BCUT2D eigenvalue weighted by molar-refractivity contribution is 7.99. The minimum atomic E-state index is -0.340. The van der Waals surface area contributed by atoms with E-state index >= 15 is 0 Å². The number of nitrogens with two attached hydrogens (primary N) is 1. The molecule has 0 spiro atoms. The van der Waals surface area contributed by atoms with Gasteiger partial charge in [0, 0.05) is 55.0 Å². The number of hydrogen-bond acceptors (Lipinski definition) is 5. The van der Waals surface area contributed by atoms with Crippen molar-refractivity contribution in [3.63, 3.8) is 0 Å². The molecule has 1 aromatic carbocycles. The van der Waals surface area contributed by atoms with Crippen LogP contribution >= 0.6 is 11.8 Å². The molecule has 1 aliphatic rings. The van der Waals surface area contributed by atoms with E-state index in [1.807, 2.05) is 23.9 Å². The molecule has 3 N–H and O–H groups in total. The van der Waals surface area contributed by atoms with Gasteiger partial charge in [-0.2, -0.15) is 11.8 Å². The monoisotopic (exact) mass is 306 g/mol. The fraction of sp³-hybridized carbons (Fsp3) is 0.400. The Hall–Kier alpha value is -1.53. The third kappa shape index (κ3) is 3.22. The van der Waals surface area contributed by atoms with Crippen molar-refractivity contribution in [1.29, 1.82) is 0 Å². The molecule has 2 aromatic rings. The molecule has 4 nitrogen and oxygen atoms in total. The number of thioether (sulfide) groups is 1. The van der Waals surface area contributed by atoms with E-state index in [0.717, 1.165) is 25.0 Å². The molecule has 3 rings (SSSR count). The standard InChI is InChI=1S/C15H19FN4S/c16-12-10-13(17)11-2-1-3-18-14(11)15(12)19-4-5-20-6-8-21-9-7-20/h1-3,10,19H,4-9,17H2. The molecule has 1 saturated heterocycles. The second kappa shape index (κ2) is 6.49.